The van der Waals surface area contributed by atoms with Crippen LogP contribution in [0.1, 0.15) is 50.3 Å². The third-order valence-corrected chi connectivity index (χ3v) is 3.08. The Morgan fingerprint density at radius 2 is 2.31 bits per heavy atom. The number of hydrogen-bond donors (Lipinski definition) is 0. The molecule has 0 radical (unpaired) electrons. The Morgan fingerprint density at radius 1 is 1.50 bits per heavy atom. The summed E-state index contributed by atoms with van der Waals surface area (Å²) in [5.41, 5.74) is 0. The first kappa shape index (κ1) is 11.2. The van der Waals surface area contributed by atoms with Crippen LogP contribution in [0.25, 0.3) is 0 Å². The molecule has 1 fully saturated rings. The first-order valence-corrected chi connectivity index (χ1v) is 5.88. The summed E-state index contributed by atoms with van der Waals surface area (Å²) >= 11 is 0. The Morgan fingerprint density at radius 3 is 2.94 bits per heavy atom. The maximum atomic E-state index is 11.6. The monoisotopic (exact) mass is 222 g/mol. The van der Waals surface area contributed by atoms with Gasteiger partial charge in [-0.15, -0.1) is 0 Å². The number of likely N-dealkylation sites (tertiary alicyclic amines) is 1. The van der Waals surface area contributed by atoms with Crippen LogP contribution < -0.4 is 0 Å². The fourth-order valence-electron chi connectivity index (χ4n) is 2.27. The Hall–Kier alpha value is -1.32. The number of aromatic nitrogens is 1. The molecule has 1 aliphatic heterocycles. The molecule has 1 saturated heterocycles. The molecule has 4 nitrogen and oxygen atoms in total. The minimum Gasteiger partial charge on any atom is -0.444 e. The van der Waals surface area contributed by atoms with Gasteiger partial charge in [0.05, 0.1) is 6.20 Å². The maximum absolute atomic E-state index is 11.6. The zero-order chi connectivity index (χ0) is 11.5. The van der Waals surface area contributed by atoms with Crippen LogP contribution in [-0.4, -0.2) is 22.3 Å². The third kappa shape index (κ3) is 2.26. The second-order valence-corrected chi connectivity index (χ2v) is 4.39. The zero-order valence-corrected chi connectivity index (χ0v) is 9.90. The van der Waals surface area contributed by atoms with E-state index < -0.39 is 0 Å². The highest BCUT2D eigenvalue weighted by atomic mass is 16.4. The third-order valence-electron chi connectivity index (χ3n) is 3.08. The number of carbonyl (C=O) groups is 1. The minimum absolute atomic E-state index is 0.0358. The van der Waals surface area contributed by atoms with Crippen LogP contribution in [0.4, 0.5) is 0 Å². The van der Waals surface area contributed by atoms with Crippen LogP contribution in [0.3, 0.4) is 0 Å². The molecule has 2 heterocycles. The smallest absolute Gasteiger partial charge is 0.220 e. The van der Waals surface area contributed by atoms with Crippen LogP contribution in [0.5, 0.6) is 0 Å². The van der Waals surface area contributed by atoms with Crippen molar-refractivity contribution in [2.24, 2.45) is 0 Å². The van der Waals surface area contributed by atoms with Gasteiger partial charge in [0.25, 0.3) is 0 Å². The van der Waals surface area contributed by atoms with Gasteiger partial charge in [-0.05, 0) is 19.8 Å². The molecule has 0 spiro atoms. The van der Waals surface area contributed by atoms with Gasteiger partial charge < -0.3 is 9.32 Å². The maximum Gasteiger partial charge on any atom is 0.220 e. The molecule has 4 heteroatoms. The van der Waals surface area contributed by atoms with Crippen molar-refractivity contribution in [3.63, 3.8) is 0 Å². The predicted molar refractivity (Wildman–Crippen MR) is 59.8 cm³/mol. The first-order chi connectivity index (χ1) is 7.68. The molecule has 1 amide bonds. The molecule has 1 aromatic rings. The summed E-state index contributed by atoms with van der Waals surface area (Å²) in [6, 6.07) is 0.0358. The molecule has 16 heavy (non-hydrogen) atoms. The van der Waals surface area contributed by atoms with E-state index in [9.17, 15) is 4.79 Å². The Labute approximate surface area is 95.6 Å². The zero-order valence-electron chi connectivity index (χ0n) is 9.90. The number of oxazole rings is 1. The van der Waals surface area contributed by atoms with Gasteiger partial charge in [-0.3, -0.25) is 4.79 Å². The molecule has 1 aromatic heterocycles. The number of carbonyl (C=O) groups excluding carboxylic acids is 1. The van der Waals surface area contributed by atoms with Crippen LogP contribution in [0.2, 0.25) is 0 Å². The standard InChI is InChI=1S/C12H18N2O2/c1-9-8-13-12(16-9)11-6-4-3-5-7-14(11)10(2)15/h8,11H,3-7H2,1-2H3. The summed E-state index contributed by atoms with van der Waals surface area (Å²) < 4.78 is 5.55. The molecule has 2 rings (SSSR count). The van der Waals surface area contributed by atoms with Crippen molar-refractivity contribution in [1.82, 2.24) is 9.88 Å². The molecule has 0 N–H and O–H groups in total. The lowest BCUT2D eigenvalue weighted by molar-refractivity contribution is -0.131. The summed E-state index contributed by atoms with van der Waals surface area (Å²) in [6.45, 7) is 4.32. The highest BCUT2D eigenvalue weighted by Crippen LogP contribution is 2.29. The SMILES string of the molecule is CC(=O)N1CCCCCC1c1ncc(C)o1. The molecule has 0 saturated carbocycles. The van der Waals surface area contributed by atoms with Gasteiger partial charge in [-0.1, -0.05) is 12.8 Å². The van der Waals surface area contributed by atoms with Crippen LogP contribution in [0.15, 0.2) is 10.6 Å². The lowest BCUT2D eigenvalue weighted by Gasteiger charge is -2.26. The Kier molecular flexibility index (Phi) is 3.27. The number of aryl methyl sites for hydroxylation is 1. The Bertz CT molecular complexity index is 373. The molecular weight excluding hydrogens is 204 g/mol. The summed E-state index contributed by atoms with van der Waals surface area (Å²) in [4.78, 5) is 17.7. The van der Waals surface area contributed by atoms with E-state index in [0.717, 1.165) is 31.6 Å². The average Bonchev–Trinajstić information content (AvgIpc) is 2.54. The van der Waals surface area contributed by atoms with Gasteiger partial charge in [0.15, 0.2) is 0 Å². The molecule has 1 aliphatic rings. The van der Waals surface area contributed by atoms with E-state index in [1.807, 2.05) is 11.8 Å². The topological polar surface area (TPSA) is 46.3 Å². The molecule has 1 atom stereocenters. The summed E-state index contributed by atoms with van der Waals surface area (Å²) in [6.07, 6.45) is 6.07. The fraction of sp³-hybridized carbons (Fsp3) is 0.667. The van der Waals surface area contributed by atoms with Crippen molar-refractivity contribution in [2.75, 3.05) is 6.54 Å². The number of rotatable bonds is 1. The summed E-state index contributed by atoms with van der Waals surface area (Å²) in [5.74, 6) is 1.61. The van der Waals surface area contributed by atoms with E-state index in [0.29, 0.717) is 5.89 Å². The van der Waals surface area contributed by atoms with Crippen molar-refractivity contribution < 1.29 is 9.21 Å². The number of nitrogens with zero attached hydrogens (tertiary/aromatic N) is 2. The van der Waals surface area contributed by atoms with Gasteiger partial charge >= 0.3 is 0 Å². The minimum atomic E-state index is 0.0358. The van der Waals surface area contributed by atoms with E-state index >= 15 is 0 Å². The van der Waals surface area contributed by atoms with Crippen molar-refractivity contribution in [1.29, 1.82) is 0 Å². The van der Waals surface area contributed by atoms with Crippen LogP contribution >= 0.6 is 0 Å². The molecule has 1 unspecified atom stereocenters. The lowest BCUT2D eigenvalue weighted by Crippen LogP contribution is -2.33. The van der Waals surface area contributed by atoms with E-state index in [-0.39, 0.29) is 11.9 Å². The lowest BCUT2D eigenvalue weighted by atomic mass is 10.1. The van der Waals surface area contributed by atoms with Crippen molar-refractivity contribution in [2.45, 2.75) is 45.6 Å². The second-order valence-electron chi connectivity index (χ2n) is 4.39. The quantitative estimate of drug-likeness (QED) is 0.733. The molecule has 88 valence electrons. The first-order valence-electron chi connectivity index (χ1n) is 5.88. The van der Waals surface area contributed by atoms with Gasteiger partial charge in [0.1, 0.15) is 11.8 Å². The molecular formula is C12H18N2O2. The molecule has 0 aromatic carbocycles. The van der Waals surface area contributed by atoms with Crippen molar-refractivity contribution >= 4 is 5.91 Å². The molecule has 0 aliphatic carbocycles. The largest absolute Gasteiger partial charge is 0.444 e. The van der Waals surface area contributed by atoms with Gasteiger partial charge in [0.2, 0.25) is 11.8 Å². The number of hydrogen-bond acceptors (Lipinski definition) is 3. The number of amides is 1. The Balaban J connectivity index is 2.23. The highest BCUT2D eigenvalue weighted by molar-refractivity contribution is 5.73. The van der Waals surface area contributed by atoms with E-state index in [1.54, 1.807) is 13.1 Å². The summed E-state index contributed by atoms with van der Waals surface area (Å²) in [5, 5.41) is 0. The van der Waals surface area contributed by atoms with E-state index in [1.165, 1.54) is 6.42 Å². The summed E-state index contributed by atoms with van der Waals surface area (Å²) in [7, 11) is 0. The van der Waals surface area contributed by atoms with Crippen molar-refractivity contribution in [3.8, 4) is 0 Å². The van der Waals surface area contributed by atoms with Crippen LogP contribution in [0, 0.1) is 6.92 Å². The van der Waals surface area contributed by atoms with E-state index in [4.69, 9.17) is 4.42 Å². The van der Waals surface area contributed by atoms with Crippen molar-refractivity contribution in [3.05, 3.63) is 17.8 Å². The second kappa shape index (κ2) is 4.68. The van der Waals surface area contributed by atoms with Gasteiger partial charge in [-0.2, -0.15) is 0 Å². The fourth-order valence-corrected chi connectivity index (χ4v) is 2.27. The normalized spacial score (nSPS) is 21.9. The van der Waals surface area contributed by atoms with Gasteiger partial charge in [0, 0.05) is 13.5 Å². The molecule has 0 bridgehead atoms. The van der Waals surface area contributed by atoms with Gasteiger partial charge in [-0.25, -0.2) is 4.98 Å². The highest BCUT2D eigenvalue weighted by Gasteiger charge is 2.27. The van der Waals surface area contributed by atoms with Crippen LogP contribution in [-0.2, 0) is 4.79 Å². The average molecular weight is 222 g/mol. The predicted octanol–water partition coefficient (Wildman–Crippen LogP) is 2.45. The van der Waals surface area contributed by atoms with E-state index in [2.05, 4.69) is 4.98 Å².